The normalized spacial score (nSPS) is 10.7. The molecule has 1 rings (SSSR count). The van der Waals surface area contributed by atoms with E-state index in [9.17, 15) is 9.59 Å². The van der Waals surface area contributed by atoms with Gasteiger partial charge in [-0.2, -0.15) is 0 Å². The SMILES string of the molecule is CCNC(=NCCC(=O)N(CC)CC)NCCNC(=O)c1ccco1.I. The highest BCUT2D eigenvalue weighted by Gasteiger charge is 2.09. The van der Waals surface area contributed by atoms with Gasteiger partial charge in [-0.05, 0) is 32.9 Å². The first-order valence-electron chi connectivity index (χ1n) is 8.73. The van der Waals surface area contributed by atoms with E-state index >= 15 is 0 Å². The minimum atomic E-state index is -0.251. The van der Waals surface area contributed by atoms with Crippen LogP contribution in [0.3, 0.4) is 0 Å². The first kappa shape index (κ1) is 24.2. The molecule has 0 aliphatic rings. The minimum Gasteiger partial charge on any atom is -0.459 e. The van der Waals surface area contributed by atoms with Crippen LogP contribution in [0, 0.1) is 0 Å². The van der Waals surface area contributed by atoms with Gasteiger partial charge >= 0.3 is 0 Å². The lowest BCUT2D eigenvalue weighted by Gasteiger charge is -2.18. The van der Waals surface area contributed by atoms with Crippen molar-refractivity contribution in [2.75, 3.05) is 39.3 Å². The zero-order chi connectivity index (χ0) is 18.5. The average Bonchev–Trinajstić information content (AvgIpc) is 3.14. The van der Waals surface area contributed by atoms with E-state index in [0.717, 1.165) is 0 Å². The number of halogens is 1. The van der Waals surface area contributed by atoms with Gasteiger partial charge in [-0.15, -0.1) is 24.0 Å². The van der Waals surface area contributed by atoms with E-state index in [1.807, 2.05) is 20.8 Å². The van der Waals surface area contributed by atoms with Gasteiger partial charge in [0, 0.05) is 39.1 Å². The minimum absolute atomic E-state index is 0. The van der Waals surface area contributed by atoms with Gasteiger partial charge in [0.25, 0.3) is 5.91 Å². The standard InChI is InChI=1S/C17H29N5O3.HI/c1-4-18-17(20-10-9-15(23)22(5-2)6-3)21-12-11-19-16(24)14-8-7-13-25-14;/h7-8,13H,4-6,9-12H2,1-3H3,(H,19,24)(H2,18,20,21);1H. The highest BCUT2D eigenvalue weighted by atomic mass is 127. The van der Waals surface area contributed by atoms with Crippen molar-refractivity contribution in [3.05, 3.63) is 24.2 Å². The Morgan fingerprint density at radius 1 is 1.12 bits per heavy atom. The molecule has 0 bridgehead atoms. The Labute approximate surface area is 172 Å². The Morgan fingerprint density at radius 3 is 2.38 bits per heavy atom. The van der Waals surface area contributed by atoms with Crippen molar-refractivity contribution in [3.8, 4) is 0 Å². The molecule has 2 amide bonds. The van der Waals surface area contributed by atoms with Crippen LogP contribution in [0.25, 0.3) is 0 Å². The van der Waals surface area contributed by atoms with E-state index in [1.165, 1.54) is 6.26 Å². The summed E-state index contributed by atoms with van der Waals surface area (Å²) in [5.41, 5.74) is 0. The van der Waals surface area contributed by atoms with Gasteiger partial charge in [0.1, 0.15) is 0 Å². The Morgan fingerprint density at radius 2 is 1.81 bits per heavy atom. The second-order valence-corrected chi connectivity index (χ2v) is 5.24. The number of carbonyl (C=O) groups excluding carboxylic acids is 2. The number of aliphatic imine (C=N–C) groups is 1. The maximum absolute atomic E-state index is 12.0. The molecule has 148 valence electrons. The fourth-order valence-corrected chi connectivity index (χ4v) is 2.19. The van der Waals surface area contributed by atoms with Crippen molar-refractivity contribution in [2.24, 2.45) is 4.99 Å². The summed E-state index contributed by atoms with van der Waals surface area (Å²) >= 11 is 0. The smallest absolute Gasteiger partial charge is 0.287 e. The summed E-state index contributed by atoms with van der Waals surface area (Å²) in [6.07, 6.45) is 1.84. The molecule has 0 fully saturated rings. The van der Waals surface area contributed by atoms with Crippen LogP contribution >= 0.6 is 24.0 Å². The number of hydrogen-bond acceptors (Lipinski definition) is 4. The molecule has 0 aliphatic carbocycles. The molecule has 1 aromatic rings. The number of nitrogens with zero attached hydrogens (tertiary/aromatic N) is 2. The summed E-state index contributed by atoms with van der Waals surface area (Å²) in [5.74, 6) is 0.770. The number of hydrogen-bond donors (Lipinski definition) is 3. The first-order valence-corrected chi connectivity index (χ1v) is 8.73. The third-order valence-corrected chi connectivity index (χ3v) is 3.50. The van der Waals surface area contributed by atoms with Crippen molar-refractivity contribution in [2.45, 2.75) is 27.2 Å². The lowest BCUT2D eigenvalue weighted by Crippen LogP contribution is -2.41. The van der Waals surface area contributed by atoms with Crippen molar-refractivity contribution in [3.63, 3.8) is 0 Å². The van der Waals surface area contributed by atoms with E-state index < -0.39 is 0 Å². The predicted molar refractivity (Wildman–Crippen MR) is 113 cm³/mol. The molecule has 0 saturated heterocycles. The zero-order valence-electron chi connectivity index (χ0n) is 15.7. The largest absolute Gasteiger partial charge is 0.459 e. The molecular weight excluding hydrogens is 449 g/mol. The number of guanidine groups is 1. The second kappa shape index (κ2) is 14.4. The average molecular weight is 479 g/mol. The maximum Gasteiger partial charge on any atom is 0.287 e. The van der Waals surface area contributed by atoms with Crippen LogP contribution in [0.4, 0.5) is 0 Å². The molecule has 0 spiro atoms. The Hall–Kier alpha value is -1.78. The van der Waals surface area contributed by atoms with Crippen LogP contribution in [0.5, 0.6) is 0 Å². The summed E-state index contributed by atoms with van der Waals surface area (Å²) in [6, 6.07) is 3.28. The molecule has 3 N–H and O–H groups in total. The summed E-state index contributed by atoms with van der Waals surface area (Å²) in [6.45, 7) is 9.42. The third kappa shape index (κ3) is 9.07. The zero-order valence-corrected chi connectivity index (χ0v) is 18.0. The highest BCUT2D eigenvalue weighted by Crippen LogP contribution is 1.98. The molecule has 1 heterocycles. The monoisotopic (exact) mass is 479 g/mol. The van der Waals surface area contributed by atoms with Crippen LogP contribution in [0.1, 0.15) is 37.7 Å². The molecule has 8 nitrogen and oxygen atoms in total. The van der Waals surface area contributed by atoms with E-state index in [2.05, 4.69) is 20.9 Å². The molecule has 0 unspecified atom stereocenters. The van der Waals surface area contributed by atoms with Crippen molar-refractivity contribution < 1.29 is 14.0 Å². The molecule has 9 heteroatoms. The quantitative estimate of drug-likeness (QED) is 0.204. The number of carbonyl (C=O) groups is 2. The Kier molecular flexibility index (Phi) is 13.4. The van der Waals surface area contributed by atoms with E-state index in [4.69, 9.17) is 4.42 Å². The summed E-state index contributed by atoms with van der Waals surface area (Å²) in [7, 11) is 0. The van der Waals surface area contributed by atoms with Crippen molar-refractivity contribution >= 4 is 41.8 Å². The lowest BCUT2D eigenvalue weighted by atomic mass is 10.3. The van der Waals surface area contributed by atoms with Gasteiger partial charge in [-0.1, -0.05) is 0 Å². The predicted octanol–water partition coefficient (Wildman–Crippen LogP) is 1.44. The number of furan rings is 1. The number of nitrogens with one attached hydrogen (secondary N) is 3. The second-order valence-electron chi connectivity index (χ2n) is 5.24. The maximum atomic E-state index is 12.0. The summed E-state index contributed by atoms with van der Waals surface area (Å²) in [5, 5.41) is 8.98. The molecule has 26 heavy (non-hydrogen) atoms. The van der Waals surface area contributed by atoms with Crippen molar-refractivity contribution in [1.29, 1.82) is 0 Å². The molecular formula is C17H30IN5O3. The molecule has 0 atom stereocenters. The fraction of sp³-hybridized carbons (Fsp3) is 0.588. The van der Waals surface area contributed by atoms with Gasteiger partial charge in [0.15, 0.2) is 11.7 Å². The van der Waals surface area contributed by atoms with Crippen LogP contribution < -0.4 is 16.0 Å². The van der Waals surface area contributed by atoms with E-state index in [0.29, 0.717) is 51.6 Å². The van der Waals surface area contributed by atoms with E-state index in [-0.39, 0.29) is 41.6 Å². The topological polar surface area (TPSA) is 99.0 Å². The van der Waals surface area contributed by atoms with Crippen molar-refractivity contribution in [1.82, 2.24) is 20.9 Å². The molecule has 0 aromatic carbocycles. The van der Waals surface area contributed by atoms with Crippen LogP contribution in [0.2, 0.25) is 0 Å². The number of amides is 2. The summed E-state index contributed by atoms with van der Waals surface area (Å²) in [4.78, 5) is 29.9. The molecule has 0 radical (unpaired) electrons. The van der Waals surface area contributed by atoms with Crippen LogP contribution in [-0.2, 0) is 4.79 Å². The molecule has 0 aliphatic heterocycles. The first-order chi connectivity index (χ1) is 12.1. The van der Waals surface area contributed by atoms with E-state index in [1.54, 1.807) is 17.0 Å². The van der Waals surface area contributed by atoms with Crippen LogP contribution in [-0.4, -0.2) is 61.9 Å². The number of rotatable bonds is 10. The van der Waals surface area contributed by atoms with Gasteiger partial charge < -0.3 is 25.3 Å². The molecule has 0 saturated carbocycles. The van der Waals surface area contributed by atoms with Gasteiger partial charge in [-0.25, -0.2) is 0 Å². The Balaban J connectivity index is 0.00000625. The fourth-order valence-electron chi connectivity index (χ4n) is 2.19. The Bertz CT molecular complexity index is 545. The van der Waals surface area contributed by atoms with Gasteiger partial charge in [0.05, 0.1) is 12.8 Å². The third-order valence-electron chi connectivity index (χ3n) is 3.50. The van der Waals surface area contributed by atoms with Gasteiger partial charge in [0.2, 0.25) is 5.91 Å². The lowest BCUT2D eigenvalue weighted by molar-refractivity contribution is -0.130. The van der Waals surface area contributed by atoms with Crippen LogP contribution in [0.15, 0.2) is 27.8 Å². The summed E-state index contributed by atoms with van der Waals surface area (Å²) < 4.78 is 5.02. The van der Waals surface area contributed by atoms with Gasteiger partial charge in [-0.3, -0.25) is 14.6 Å². The molecule has 1 aromatic heterocycles. The highest BCUT2D eigenvalue weighted by molar-refractivity contribution is 14.0.